The Morgan fingerprint density at radius 1 is 1.19 bits per heavy atom. The summed E-state index contributed by atoms with van der Waals surface area (Å²) in [6.07, 6.45) is 1.36. The van der Waals surface area contributed by atoms with E-state index >= 15 is 0 Å². The van der Waals surface area contributed by atoms with E-state index in [1.807, 2.05) is 6.92 Å². The van der Waals surface area contributed by atoms with E-state index in [-0.39, 0.29) is 11.1 Å². The van der Waals surface area contributed by atoms with Gasteiger partial charge in [0.05, 0.1) is 27.7 Å². The smallest absolute Gasteiger partial charge is 0.335 e. The van der Waals surface area contributed by atoms with Gasteiger partial charge >= 0.3 is 5.97 Å². The highest BCUT2D eigenvalue weighted by molar-refractivity contribution is 5.89. The topological polar surface area (TPSA) is 102 Å². The van der Waals surface area contributed by atoms with Crippen molar-refractivity contribution < 1.29 is 9.90 Å². The van der Waals surface area contributed by atoms with E-state index in [9.17, 15) is 20.0 Å². The Kier molecular flexibility index (Phi) is 5.44. The number of carboxylic acids is 1. The maximum atomic E-state index is 13.4. The van der Waals surface area contributed by atoms with Crippen LogP contribution in [0.2, 0.25) is 0 Å². The molecule has 0 aliphatic carbocycles. The summed E-state index contributed by atoms with van der Waals surface area (Å²) in [6.45, 7) is 8.43. The van der Waals surface area contributed by atoms with Crippen LogP contribution in [0.5, 0.6) is 0 Å². The molecule has 3 aromatic rings. The highest BCUT2D eigenvalue weighted by Crippen LogP contribution is 2.25. The van der Waals surface area contributed by atoms with Crippen LogP contribution in [-0.4, -0.2) is 58.3 Å². The summed E-state index contributed by atoms with van der Waals surface area (Å²) >= 11 is 0. The number of hydrogen-bond acceptors (Lipinski definition) is 6. The quantitative estimate of drug-likeness (QED) is 0.695. The number of rotatable bonds is 4. The Hall–Kier alpha value is -3.70. The molecule has 0 unspecified atom stereocenters. The maximum Gasteiger partial charge on any atom is 0.335 e. The molecular weight excluding hydrogens is 394 g/mol. The van der Waals surface area contributed by atoms with Gasteiger partial charge in [-0.2, -0.15) is 5.26 Å². The Balaban J connectivity index is 1.86. The lowest BCUT2D eigenvalue weighted by Crippen LogP contribution is -2.46. The second-order valence-corrected chi connectivity index (χ2v) is 7.65. The molecule has 0 bridgehead atoms. The highest BCUT2D eigenvalue weighted by Gasteiger charge is 2.19. The number of carboxylic acid groups (broad SMARTS) is 1. The van der Waals surface area contributed by atoms with Gasteiger partial charge in [-0.05, 0) is 43.3 Å². The van der Waals surface area contributed by atoms with Crippen molar-refractivity contribution in [1.82, 2.24) is 14.5 Å². The molecule has 2 aromatic carbocycles. The lowest BCUT2D eigenvalue weighted by Gasteiger charge is -2.35. The zero-order valence-corrected chi connectivity index (χ0v) is 17.5. The second-order valence-electron chi connectivity index (χ2n) is 7.65. The molecule has 1 aliphatic rings. The van der Waals surface area contributed by atoms with E-state index in [0.717, 1.165) is 44.0 Å². The monoisotopic (exact) mass is 417 g/mol. The fourth-order valence-corrected chi connectivity index (χ4v) is 3.98. The molecule has 0 atom stereocenters. The van der Waals surface area contributed by atoms with Crippen molar-refractivity contribution in [2.24, 2.45) is 0 Å². The van der Waals surface area contributed by atoms with Crippen molar-refractivity contribution in [1.29, 1.82) is 5.26 Å². The van der Waals surface area contributed by atoms with Gasteiger partial charge in [0.25, 0.3) is 5.56 Å². The number of nitriles is 1. The zero-order chi connectivity index (χ0) is 22.1. The summed E-state index contributed by atoms with van der Waals surface area (Å²) in [5.41, 5.74) is 2.50. The SMILES string of the molecule is CCN1CCN(c2cc(C#N)c3ncn(-c4cc(C(=O)O)ccc4C)c(=O)c3c2)CC1. The normalized spacial score (nSPS) is 14.5. The second kappa shape index (κ2) is 8.20. The fourth-order valence-electron chi connectivity index (χ4n) is 3.98. The lowest BCUT2D eigenvalue weighted by molar-refractivity contribution is 0.0697. The van der Waals surface area contributed by atoms with Crippen molar-refractivity contribution in [2.75, 3.05) is 37.6 Å². The van der Waals surface area contributed by atoms with Crippen LogP contribution in [0.4, 0.5) is 5.69 Å². The molecule has 0 saturated carbocycles. The fraction of sp³-hybridized carbons (Fsp3) is 0.304. The number of aromatic carboxylic acids is 1. The summed E-state index contributed by atoms with van der Waals surface area (Å²) < 4.78 is 1.35. The minimum absolute atomic E-state index is 0.0906. The predicted molar refractivity (Wildman–Crippen MR) is 118 cm³/mol. The largest absolute Gasteiger partial charge is 0.478 e. The number of carbonyl (C=O) groups is 1. The third-order valence-corrected chi connectivity index (χ3v) is 5.87. The highest BCUT2D eigenvalue weighted by atomic mass is 16.4. The van der Waals surface area contributed by atoms with Crippen LogP contribution in [-0.2, 0) is 0 Å². The molecule has 31 heavy (non-hydrogen) atoms. The van der Waals surface area contributed by atoms with Gasteiger partial charge in [0, 0.05) is 31.9 Å². The van der Waals surface area contributed by atoms with Crippen LogP contribution in [0.15, 0.2) is 41.5 Å². The first kappa shape index (κ1) is 20.6. The van der Waals surface area contributed by atoms with E-state index in [1.54, 1.807) is 18.2 Å². The molecule has 158 valence electrons. The molecule has 0 spiro atoms. The van der Waals surface area contributed by atoms with E-state index in [0.29, 0.717) is 22.2 Å². The van der Waals surface area contributed by atoms with Gasteiger partial charge in [0.2, 0.25) is 0 Å². The standard InChI is InChI=1S/C23H23N5O3/c1-3-26-6-8-27(9-7-26)18-10-17(13-24)21-19(12-18)22(29)28(14-25-21)20-11-16(23(30)31)5-4-15(20)2/h4-5,10-12,14H,3,6-9H2,1-2H3,(H,30,31). The van der Waals surface area contributed by atoms with Crippen molar-refractivity contribution >= 4 is 22.6 Å². The number of fused-ring (bicyclic) bond motifs is 1. The van der Waals surface area contributed by atoms with Crippen molar-refractivity contribution in [3.05, 3.63) is 63.7 Å². The molecule has 1 N–H and O–H groups in total. The van der Waals surface area contributed by atoms with Gasteiger partial charge in [-0.25, -0.2) is 9.78 Å². The Bertz CT molecular complexity index is 1270. The first-order valence-electron chi connectivity index (χ1n) is 10.2. The van der Waals surface area contributed by atoms with Crippen molar-refractivity contribution in [3.63, 3.8) is 0 Å². The number of aryl methyl sites for hydroxylation is 1. The number of piperazine rings is 1. The molecule has 4 rings (SSSR count). The first-order valence-corrected chi connectivity index (χ1v) is 10.2. The van der Waals surface area contributed by atoms with Gasteiger partial charge in [0.1, 0.15) is 12.4 Å². The van der Waals surface area contributed by atoms with Crippen molar-refractivity contribution in [3.8, 4) is 11.8 Å². The first-order chi connectivity index (χ1) is 14.9. The average Bonchev–Trinajstić information content (AvgIpc) is 2.79. The molecule has 1 saturated heterocycles. The van der Waals surface area contributed by atoms with Crippen LogP contribution in [0, 0.1) is 18.3 Å². The number of anilines is 1. The maximum absolute atomic E-state index is 13.4. The summed E-state index contributed by atoms with van der Waals surface area (Å²) in [4.78, 5) is 33.7. The van der Waals surface area contributed by atoms with E-state index < -0.39 is 5.97 Å². The van der Waals surface area contributed by atoms with Gasteiger partial charge in [0.15, 0.2) is 0 Å². The number of hydrogen-bond donors (Lipinski definition) is 1. The van der Waals surface area contributed by atoms with Gasteiger partial charge in [-0.15, -0.1) is 0 Å². The molecule has 8 heteroatoms. The third-order valence-electron chi connectivity index (χ3n) is 5.87. The van der Waals surface area contributed by atoms with Crippen LogP contribution < -0.4 is 10.5 Å². The summed E-state index contributed by atoms with van der Waals surface area (Å²) in [5, 5.41) is 19.3. The van der Waals surface area contributed by atoms with E-state index in [4.69, 9.17) is 0 Å². The summed E-state index contributed by atoms with van der Waals surface area (Å²) in [7, 11) is 0. The van der Waals surface area contributed by atoms with Crippen molar-refractivity contribution in [2.45, 2.75) is 13.8 Å². The Morgan fingerprint density at radius 2 is 1.94 bits per heavy atom. The molecule has 1 fully saturated rings. The number of likely N-dealkylation sites (N-methyl/N-ethyl adjacent to an activating group) is 1. The molecule has 0 amide bonds. The van der Waals surface area contributed by atoms with E-state index in [1.165, 1.54) is 23.0 Å². The molecule has 8 nitrogen and oxygen atoms in total. The van der Waals surface area contributed by atoms with Crippen LogP contribution in [0.1, 0.15) is 28.4 Å². The summed E-state index contributed by atoms with van der Waals surface area (Å²) in [5.74, 6) is -1.07. The minimum atomic E-state index is -1.07. The molecule has 0 radical (unpaired) electrons. The van der Waals surface area contributed by atoms with Gasteiger partial charge in [-0.1, -0.05) is 13.0 Å². The van der Waals surface area contributed by atoms with Crippen LogP contribution in [0.25, 0.3) is 16.6 Å². The third kappa shape index (κ3) is 3.76. The van der Waals surface area contributed by atoms with Gasteiger partial charge < -0.3 is 14.9 Å². The molecule has 2 heterocycles. The summed E-state index contributed by atoms with van der Waals surface area (Å²) in [6, 6.07) is 10.4. The number of benzene rings is 2. The predicted octanol–water partition coefficient (Wildman–Crippen LogP) is 2.41. The number of aromatic nitrogens is 2. The number of nitrogens with zero attached hydrogens (tertiary/aromatic N) is 5. The minimum Gasteiger partial charge on any atom is -0.478 e. The molecule has 1 aliphatic heterocycles. The van der Waals surface area contributed by atoms with E-state index in [2.05, 4.69) is 27.8 Å². The Morgan fingerprint density at radius 3 is 2.58 bits per heavy atom. The lowest BCUT2D eigenvalue weighted by atomic mass is 10.1. The molecular formula is C23H23N5O3. The van der Waals surface area contributed by atoms with Gasteiger partial charge in [-0.3, -0.25) is 9.36 Å². The van der Waals surface area contributed by atoms with Crippen LogP contribution >= 0.6 is 0 Å². The Labute approximate surface area is 179 Å². The molecule has 1 aromatic heterocycles. The van der Waals surface area contributed by atoms with Crippen LogP contribution in [0.3, 0.4) is 0 Å². The average molecular weight is 417 g/mol. The zero-order valence-electron chi connectivity index (χ0n) is 17.5.